The van der Waals surface area contributed by atoms with Crippen LogP contribution in [0.15, 0.2) is 47.6 Å². The van der Waals surface area contributed by atoms with Crippen LogP contribution in [-0.4, -0.2) is 23.4 Å². The van der Waals surface area contributed by atoms with Crippen LogP contribution in [0, 0.1) is 10.1 Å². The van der Waals surface area contributed by atoms with Crippen LogP contribution in [-0.2, 0) is 10.0 Å². The highest BCUT2D eigenvalue weighted by atomic mass is 32.2. The number of hydrogen-bond acceptors (Lipinski definition) is 6. The molecule has 1 heterocycles. The maximum atomic E-state index is 12.1. The SMILES string of the molecule is O=[N+]([O-])c1cc(S(=O)(=O)Nc2ccncc2)ccc1O. The number of rotatable bonds is 4. The molecule has 0 aliphatic rings. The van der Waals surface area contributed by atoms with E-state index in [4.69, 9.17) is 0 Å². The Bertz CT molecular complexity index is 746. The molecule has 20 heavy (non-hydrogen) atoms. The molecule has 0 saturated carbocycles. The van der Waals surface area contributed by atoms with Crippen LogP contribution in [0.5, 0.6) is 5.75 Å². The lowest BCUT2D eigenvalue weighted by atomic mass is 10.3. The van der Waals surface area contributed by atoms with Gasteiger partial charge in [0.15, 0.2) is 5.75 Å². The highest BCUT2D eigenvalue weighted by Gasteiger charge is 2.21. The molecule has 1 aromatic heterocycles. The summed E-state index contributed by atoms with van der Waals surface area (Å²) >= 11 is 0. The molecule has 2 N–H and O–H groups in total. The normalized spacial score (nSPS) is 11.0. The minimum atomic E-state index is -3.98. The van der Waals surface area contributed by atoms with Crippen molar-refractivity contribution in [3.8, 4) is 5.75 Å². The average molecular weight is 295 g/mol. The van der Waals surface area contributed by atoms with Crippen molar-refractivity contribution in [3.05, 3.63) is 52.8 Å². The zero-order valence-corrected chi connectivity index (χ0v) is 10.7. The lowest BCUT2D eigenvalue weighted by molar-refractivity contribution is -0.386. The maximum Gasteiger partial charge on any atom is 0.312 e. The fraction of sp³-hybridized carbons (Fsp3) is 0. The van der Waals surface area contributed by atoms with Crippen LogP contribution in [0.25, 0.3) is 0 Å². The van der Waals surface area contributed by atoms with Gasteiger partial charge in [-0.05, 0) is 24.3 Å². The van der Waals surface area contributed by atoms with Gasteiger partial charge in [0.2, 0.25) is 0 Å². The molecule has 0 radical (unpaired) electrons. The quantitative estimate of drug-likeness (QED) is 0.651. The monoisotopic (exact) mass is 295 g/mol. The zero-order valence-electron chi connectivity index (χ0n) is 9.92. The van der Waals surface area contributed by atoms with Gasteiger partial charge in [-0.25, -0.2) is 8.42 Å². The molecule has 104 valence electrons. The number of nitro groups is 1. The third-order valence-electron chi connectivity index (χ3n) is 2.39. The number of nitro benzene ring substituents is 1. The molecule has 0 amide bonds. The van der Waals surface area contributed by atoms with Gasteiger partial charge in [0.05, 0.1) is 15.5 Å². The number of anilines is 1. The van der Waals surface area contributed by atoms with E-state index >= 15 is 0 Å². The first-order valence-corrected chi connectivity index (χ1v) is 6.79. The molecule has 0 saturated heterocycles. The van der Waals surface area contributed by atoms with Gasteiger partial charge in [-0.3, -0.25) is 19.8 Å². The van der Waals surface area contributed by atoms with Crippen molar-refractivity contribution >= 4 is 21.4 Å². The van der Waals surface area contributed by atoms with E-state index in [1.54, 1.807) is 0 Å². The summed E-state index contributed by atoms with van der Waals surface area (Å²) in [5, 5.41) is 20.0. The summed E-state index contributed by atoms with van der Waals surface area (Å²) in [5.41, 5.74) is -0.404. The number of phenols is 1. The fourth-order valence-corrected chi connectivity index (χ4v) is 2.53. The van der Waals surface area contributed by atoms with Gasteiger partial charge in [0.25, 0.3) is 10.0 Å². The molecule has 0 bridgehead atoms. The van der Waals surface area contributed by atoms with E-state index in [1.807, 2.05) is 0 Å². The van der Waals surface area contributed by atoms with Crippen molar-refractivity contribution in [2.24, 2.45) is 0 Å². The van der Waals surface area contributed by atoms with E-state index in [1.165, 1.54) is 24.5 Å². The minimum Gasteiger partial charge on any atom is -0.502 e. The van der Waals surface area contributed by atoms with Crippen LogP contribution in [0.4, 0.5) is 11.4 Å². The summed E-state index contributed by atoms with van der Waals surface area (Å²) in [7, 11) is -3.98. The predicted molar refractivity (Wildman–Crippen MR) is 69.8 cm³/mol. The van der Waals surface area contributed by atoms with Crippen LogP contribution >= 0.6 is 0 Å². The van der Waals surface area contributed by atoms with E-state index in [0.29, 0.717) is 0 Å². The van der Waals surface area contributed by atoms with Crippen molar-refractivity contribution in [2.75, 3.05) is 4.72 Å². The lowest BCUT2D eigenvalue weighted by Crippen LogP contribution is -2.13. The predicted octanol–water partition coefficient (Wildman–Crippen LogP) is 1.50. The second kappa shape index (κ2) is 5.13. The Hall–Kier alpha value is -2.68. The van der Waals surface area contributed by atoms with E-state index in [-0.39, 0.29) is 10.6 Å². The standard InChI is InChI=1S/C11H9N3O5S/c15-11-2-1-9(7-10(11)14(16)17)20(18,19)13-8-3-5-12-6-4-8/h1-7,15H,(H,12,13). The second-order valence-electron chi connectivity index (χ2n) is 3.75. The molecule has 2 rings (SSSR count). The molecule has 0 spiro atoms. The van der Waals surface area contributed by atoms with Gasteiger partial charge in [0.1, 0.15) is 0 Å². The molecule has 9 heteroatoms. The molecular formula is C11H9N3O5S. The zero-order chi connectivity index (χ0) is 14.8. The average Bonchev–Trinajstić information content (AvgIpc) is 2.39. The molecule has 0 atom stereocenters. The highest BCUT2D eigenvalue weighted by Crippen LogP contribution is 2.28. The van der Waals surface area contributed by atoms with Gasteiger partial charge in [-0.2, -0.15) is 0 Å². The van der Waals surface area contributed by atoms with Gasteiger partial charge < -0.3 is 5.11 Å². The summed E-state index contributed by atoms with van der Waals surface area (Å²) in [6.07, 6.45) is 2.80. The number of aromatic nitrogens is 1. The molecule has 0 unspecified atom stereocenters. The number of nitrogens with zero attached hydrogens (tertiary/aromatic N) is 2. The Morgan fingerprint density at radius 2 is 1.85 bits per heavy atom. The highest BCUT2D eigenvalue weighted by molar-refractivity contribution is 7.92. The largest absolute Gasteiger partial charge is 0.502 e. The molecule has 0 aliphatic heterocycles. The smallest absolute Gasteiger partial charge is 0.312 e. The van der Waals surface area contributed by atoms with Crippen molar-refractivity contribution < 1.29 is 18.4 Å². The van der Waals surface area contributed by atoms with Gasteiger partial charge in [-0.1, -0.05) is 0 Å². The number of sulfonamides is 1. The number of pyridine rings is 1. The van der Waals surface area contributed by atoms with Crippen LogP contribution < -0.4 is 4.72 Å². The summed E-state index contributed by atoms with van der Waals surface area (Å²) in [4.78, 5) is 13.2. The Balaban J connectivity index is 2.40. The summed E-state index contributed by atoms with van der Waals surface area (Å²) < 4.78 is 26.4. The number of aromatic hydroxyl groups is 1. The van der Waals surface area contributed by atoms with Gasteiger partial charge in [0, 0.05) is 18.5 Å². The molecule has 2 aromatic rings. The summed E-state index contributed by atoms with van der Waals surface area (Å²) in [5.74, 6) is -0.599. The van der Waals surface area contributed by atoms with Crippen molar-refractivity contribution in [2.45, 2.75) is 4.90 Å². The number of benzene rings is 1. The first kappa shape index (κ1) is 13.7. The van der Waals surface area contributed by atoms with Crippen LogP contribution in [0.2, 0.25) is 0 Å². The fourth-order valence-electron chi connectivity index (χ4n) is 1.45. The second-order valence-corrected chi connectivity index (χ2v) is 5.43. The Labute approximate surface area is 113 Å². The van der Waals surface area contributed by atoms with E-state index in [9.17, 15) is 23.6 Å². The van der Waals surface area contributed by atoms with E-state index < -0.39 is 26.4 Å². The molecule has 0 fully saturated rings. The van der Waals surface area contributed by atoms with Gasteiger partial charge >= 0.3 is 5.69 Å². The summed E-state index contributed by atoms with van der Waals surface area (Å²) in [6, 6.07) is 5.70. The van der Waals surface area contributed by atoms with Crippen LogP contribution in [0.3, 0.4) is 0 Å². The third kappa shape index (κ3) is 2.83. The van der Waals surface area contributed by atoms with Crippen molar-refractivity contribution in [3.63, 3.8) is 0 Å². The van der Waals surface area contributed by atoms with E-state index in [0.717, 1.165) is 18.2 Å². The maximum absolute atomic E-state index is 12.1. The Morgan fingerprint density at radius 3 is 2.45 bits per heavy atom. The lowest BCUT2D eigenvalue weighted by Gasteiger charge is -2.07. The molecule has 0 aliphatic carbocycles. The minimum absolute atomic E-state index is 0.274. The molecule has 1 aromatic carbocycles. The summed E-state index contributed by atoms with van der Waals surface area (Å²) in [6.45, 7) is 0. The first-order chi connectivity index (χ1) is 9.40. The number of phenolic OH excluding ortho intramolecular Hbond substituents is 1. The van der Waals surface area contributed by atoms with Gasteiger partial charge in [-0.15, -0.1) is 0 Å². The Kier molecular flexibility index (Phi) is 3.53. The number of hydrogen-bond donors (Lipinski definition) is 2. The van der Waals surface area contributed by atoms with Crippen LogP contribution in [0.1, 0.15) is 0 Å². The van der Waals surface area contributed by atoms with Crippen molar-refractivity contribution in [1.82, 2.24) is 4.98 Å². The van der Waals surface area contributed by atoms with Crippen molar-refractivity contribution in [1.29, 1.82) is 0 Å². The topological polar surface area (TPSA) is 122 Å². The van der Waals surface area contributed by atoms with E-state index in [2.05, 4.69) is 9.71 Å². The molecule has 8 nitrogen and oxygen atoms in total. The molecular weight excluding hydrogens is 286 g/mol. The Morgan fingerprint density at radius 1 is 1.20 bits per heavy atom. The third-order valence-corrected chi connectivity index (χ3v) is 3.77. The first-order valence-electron chi connectivity index (χ1n) is 5.30. The number of nitrogens with one attached hydrogen (secondary N) is 1.